The van der Waals surface area contributed by atoms with E-state index in [0.29, 0.717) is 6.61 Å². The van der Waals surface area contributed by atoms with E-state index in [9.17, 15) is 14.4 Å². The number of esters is 1. The zero-order valence-electron chi connectivity index (χ0n) is 11.4. The Labute approximate surface area is 124 Å². The lowest BCUT2D eigenvalue weighted by molar-refractivity contribution is -0.127. The topological polar surface area (TPSA) is 112 Å². The van der Waals surface area contributed by atoms with Crippen molar-refractivity contribution < 1.29 is 23.9 Å². The molecule has 0 aromatic carbocycles. The summed E-state index contributed by atoms with van der Waals surface area (Å²) < 4.78 is 9.96. The number of nitrogens with two attached hydrogens (primary N) is 1. The second kappa shape index (κ2) is 6.64. The minimum atomic E-state index is -0.820. The second-order valence-electron chi connectivity index (χ2n) is 4.25. The van der Waals surface area contributed by atoms with Crippen molar-refractivity contribution in [3.05, 3.63) is 16.1 Å². The van der Waals surface area contributed by atoms with Gasteiger partial charge in [0, 0.05) is 11.9 Å². The van der Waals surface area contributed by atoms with Crippen molar-refractivity contribution >= 4 is 29.1 Å². The monoisotopic (exact) mass is 313 g/mol. The molecule has 8 nitrogen and oxygen atoms in total. The van der Waals surface area contributed by atoms with Gasteiger partial charge >= 0.3 is 5.97 Å². The Balaban J connectivity index is 2.15. The van der Waals surface area contributed by atoms with E-state index in [0.717, 1.165) is 11.3 Å². The molecule has 2 rings (SSSR count). The molecule has 9 heteroatoms. The molecule has 114 valence electrons. The lowest BCUT2D eigenvalue weighted by atomic mass is 10.2. The van der Waals surface area contributed by atoms with Crippen molar-refractivity contribution in [3.63, 3.8) is 0 Å². The average Bonchev–Trinajstić information content (AvgIpc) is 2.96. The van der Waals surface area contributed by atoms with Crippen LogP contribution in [0.4, 0.5) is 0 Å². The van der Waals surface area contributed by atoms with Crippen LogP contribution in [-0.2, 0) is 14.3 Å². The number of nitrogens with zero attached hydrogens (tertiary/aromatic N) is 2. The first-order chi connectivity index (χ1) is 10.0. The molecule has 1 aromatic heterocycles. The molecule has 2 N–H and O–H groups in total. The van der Waals surface area contributed by atoms with E-state index in [1.165, 1.54) is 10.3 Å². The van der Waals surface area contributed by atoms with Gasteiger partial charge in [0.1, 0.15) is 11.7 Å². The number of carbonyl (C=O) groups is 3. The number of thiazole rings is 1. The number of hydrogen-bond acceptors (Lipinski definition) is 7. The van der Waals surface area contributed by atoms with Gasteiger partial charge in [0.05, 0.1) is 19.8 Å². The molecule has 0 spiro atoms. The maximum atomic E-state index is 12.4. The summed E-state index contributed by atoms with van der Waals surface area (Å²) in [6.07, 6.45) is 0. The predicted molar refractivity (Wildman–Crippen MR) is 72.9 cm³/mol. The fourth-order valence-corrected chi connectivity index (χ4v) is 2.57. The van der Waals surface area contributed by atoms with E-state index in [2.05, 4.69) is 4.98 Å². The minimum Gasteiger partial charge on any atom is -0.461 e. The molecule has 0 radical (unpaired) electrons. The molecule has 1 unspecified atom stereocenters. The van der Waals surface area contributed by atoms with E-state index in [1.54, 1.807) is 6.92 Å². The fourth-order valence-electron chi connectivity index (χ4n) is 1.89. The fraction of sp³-hybridized carbons (Fsp3) is 0.500. The molecule has 1 aromatic rings. The maximum Gasteiger partial charge on any atom is 0.367 e. The van der Waals surface area contributed by atoms with Crippen molar-refractivity contribution in [1.29, 1.82) is 0 Å². The molecule has 1 saturated heterocycles. The number of hydrogen-bond donors (Lipinski definition) is 1. The van der Waals surface area contributed by atoms with Crippen molar-refractivity contribution in [2.24, 2.45) is 5.73 Å². The smallest absolute Gasteiger partial charge is 0.367 e. The van der Waals surface area contributed by atoms with Crippen LogP contribution < -0.4 is 5.73 Å². The van der Waals surface area contributed by atoms with Gasteiger partial charge in [0.25, 0.3) is 5.91 Å². The van der Waals surface area contributed by atoms with Gasteiger partial charge in [-0.15, -0.1) is 11.3 Å². The molecule has 1 aliphatic heterocycles. The number of carbonyl (C=O) groups excluding carboxylic acids is 3. The SMILES string of the molecule is CCOC(=O)c1nc(C(=O)N2CCOCC2C(N)=O)cs1. The van der Waals surface area contributed by atoms with Crippen LogP contribution in [0, 0.1) is 0 Å². The minimum absolute atomic E-state index is 0.0654. The Hall–Kier alpha value is -2.00. The third kappa shape index (κ3) is 3.37. The van der Waals surface area contributed by atoms with E-state index in [-0.39, 0.29) is 30.5 Å². The number of primary amides is 1. The first-order valence-electron chi connectivity index (χ1n) is 6.35. The van der Waals surface area contributed by atoms with Crippen molar-refractivity contribution in [3.8, 4) is 0 Å². The summed E-state index contributed by atoms with van der Waals surface area (Å²) >= 11 is 1.02. The van der Waals surface area contributed by atoms with Gasteiger partial charge in [0.15, 0.2) is 0 Å². The Bertz CT molecular complexity index is 559. The summed E-state index contributed by atoms with van der Waals surface area (Å²) in [5.41, 5.74) is 5.36. The highest BCUT2D eigenvalue weighted by Crippen LogP contribution is 2.16. The van der Waals surface area contributed by atoms with Crippen LogP contribution in [0.25, 0.3) is 0 Å². The van der Waals surface area contributed by atoms with Crippen molar-refractivity contribution in [2.45, 2.75) is 13.0 Å². The van der Waals surface area contributed by atoms with Crippen LogP contribution in [0.2, 0.25) is 0 Å². The molecule has 2 heterocycles. The normalized spacial score (nSPS) is 18.3. The molecule has 0 bridgehead atoms. The number of ether oxygens (including phenoxy) is 2. The van der Waals surface area contributed by atoms with Crippen molar-refractivity contribution in [2.75, 3.05) is 26.4 Å². The Kier molecular flexibility index (Phi) is 4.86. The molecule has 1 aliphatic rings. The van der Waals surface area contributed by atoms with Crippen molar-refractivity contribution in [1.82, 2.24) is 9.88 Å². The van der Waals surface area contributed by atoms with Gasteiger partial charge in [-0.3, -0.25) is 9.59 Å². The van der Waals surface area contributed by atoms with Crippen LogP contribution in [0.5, 0.6) is 0 Å². The zero-order valence-corrected chi connectivity index (χ0v) is 12.2. The van der Waals surface area contributed by atoms with E-state index in [4.69, 9.17) is 15.2 Å². The van der Waals surface area contributed by atoms with Crippen LogP contribution in [0.1, 0.15) is 27.2 Å². The first kappa shape index (κ1) is 15.4. The largest absolute Gasteiger partial charge is 0.461 e. The predicted octanol–water partition coefficient (Wildman–Crippen LogP) is -0.354. The molecule has 2 amide bonds. The highest BCUT2D eigenvalue weighted by atomic mass is 32.1. The van der Waals surface area contributed by atoms with Crippen LogP contribution in [0.3, 0.4) is 0 Å². The summed E-state index contributed by atoms with van der Waals surface area (Å²) in [6.45, 7) is 2.55. The van der Waals surface area contributed by atoms with Crippen LogP contribution in [-0.4, -0.2) is 60.1 Å². The third-order valence-electron chi connectivity index (χ3n) is 2.89. The van der Waals surface area contributed by atoms with Gasteiger partial charge in [0.2, 0.25) is 10.9 Å². The lowest BCUT2D eigenvalue weighted by Crippen LogP contribution is -2.54. The summed E-state index contributed by atoms with van der Waals surface area (Å²) in [5.74, 6) is -1.66. The highest BCUT2D eigenvalue weighted by molar-refractivity contribution is 7.11. The van der Waals surface area contributed by atoms with E-state index in [1.807, 2.05) is 0 Å². The standard InChI is InChI=1S/C12H15N3O5S/c1-2-20-12(18)10-14-7(6-21-10)11(17)15-3-4-19-5-8(15)9(13)16/h6,8H,2-5H2,1H3,(H2,13,16). The van der Waals surface area contributed by atoms with Gasteiger partial charge < -0.3 is 20.1 Å². The van der Waals surface area contributed by atoms with Crippen LogP contribution in [0.15, 0.2) is 5.38 Å². The Morgan fingerprint density at radius 3 is 3.00 bits per heavy atom. The number of amides is 2. The summed E-state index contributed by atoms with van der Waals surface area (Å²) in [4.78, 5) is 40.5. The maximum absolute atomic E-state index is 12.4. The van der Waals surface area contributed by atoms with Gasteiger partial charge in [-0.25, -0.2) is 9.78 Å². The van der Waals surface area contributed by atoms with E-state index >= 15 is 0 Å². The lowest BCUT2D eigenvalue weighted by Gasteiger charge is -2.32. The molecular formula is C12H15N3O5S. The number of morpholine rings is 1. The molecule has 1 fully saturated rings. The first-order valence-corrected chi connectivity index (χ1v) is 7.23. The Morgan fingerprint density at radius 2 is 2.33 bits per heavy atom. The number of rotatable bonds is 4. The average molecular weight is 313 g/mol. The zero-order chi connectivity index (χ0) is 15.4. The quantitative estimate of drug-likeness (QED) is 0.760. The number of aromatic nitrogens is 1. The molecule has 1 atom stereocenters. The highest BCUT2D eigenvalue weighted by Gasteiger charge is 2.33. The Morgan fingerprint density at radius 1 is 1.57 bits per heavy atom. The summed E-state index contributed by atoms with van der Waals surface area (Å²) in [6, 6.07) is -0.820. The third-order valence-corrected chi connectivity index (χ3v) is 3.71. The van der Waals surface area contributed by atoms with Gasteiger partial charge in [-0.2, -0.15) is 0 Å². The molecule has 21 heavy (non-hydrogen) atoms. The summed E-state index contributed by atoms with van der Waals surface area (Å²) in [7, 11) is 0. The molecular weight excluding hydrogens is 298 g/mol. The molecule has 0 saturated carbocycles. The molecule has 0 aliphatic carbocycles. The second-order valence-corrected chi connectivity index (χ2v) is 5.11. The summed E-state index contributed by atoms with van der Waals surface area (Å²) in [5, 5.41) is 1.56. The van der Waals surface area contributed by atoms with Gasteiger partial charge in [-0.05, 0) is 6.92 Å². The van der Waals surface area contributed by atoms with E-state index < -0.39 is 23.8 Å². The van der Waals surface area contributed by atoms with Gasteiger partial charge in [-0.1, -0.05) is 0 Å². The van der Waals surface area contributed by atoms with Crippen LogP contribution >= 0.6 is 11.3 Å².